The Morgan fingerprint density at radius 1 is 1.35 bits per heavy atom. The maximum Gasteiger partial charge on any atom is 0.213 e. The van der Waals surface area contributed by atoms with Crippen LogP contribution in [0.5, 0.6) is 0 Å². The number of hydrogen-bond donors (Lipinski definition) is 1. The molecule has 0 spiro atoms. The molecule has 1 heterocycles. The van der Waals surface area contributed by atoms with Gasteiger partial charge in [-0.15, -0.1) is 5.10 Å². The number of aryl methyl sites for hydroxylation is 1. The summed E-state index contributed by atoms with van der Waals surface area (Å²) in [6, 6.07) is 6.34. The van der Waals surface area contributed by atoms with Crippen molar-refractivity contribution < 1.29 is 0 Å². The minimum Gasteiger partial charge on any atom is -0.308 e. The first kappa shape index (κ1) is 15.5. The third kappa shape index (κ3) is 4.29. The van der Waals surface area contributed by atoms with Gasteiger partial charge in [0.2, 0.25) is 5.16 Å². The van der Waals surface area contributed by atoms with E-state index >= 15 is 0 Å². The van der Waals surface area contributed by atoms with Crippen molar-refractivity contribution in [2.24, 2.45) is 7.05 Å². The number of hydrogen-bond acceptors (Lipinski definition) is 5. The predicted molar refractivity (Wildman–Crippen MR) is 83.7 cm³/mol. The van der Waals surface area contributed by atoms with Crippen molar-refractivity contribution in [3.8, 4) is 0 Å². The summed E-state index contributed by atoms with van der Waals surface area (Å²) in [5, 5.41) is 15.7. The van der Waals surface area contributed by atoms with Crippen LogP contribution in [0, 0.1) is 0 Å². The first-order chi connectivity index (χ1) is 9.35. The summed E-state index contributed by atoms with van der Waals surface area (Å²) in [5.74, 6) is 0. The number of nitrogens with zero attached hydrogens (tertiary/aromatic N) is 4. The van der Waals surface area contributed by atoms with E-state index in [9.17, 15) is 0 Å². The molecule has 0 aliphatic carbocycles. The Labute approximate surface area is 131 Å². The summed E-state index contributed by atoms with van der Waals surface area (Å²) in [6.07, 6.45) is 0. The van der Waals surface area contributed by atoms with E-state index in [0.29, 0.717) is 0 Å². The smallest absolute Gasteiger partial charge is 0.213 e. The van der Waals surface area contributed by atoms with Crippen LogP contribution in [0.3, 0.4) is 0 Å². The van der Waals surface area contributed by atoms with E-state index in [1.807, 2.05) is 7.05 Å². The molecule has 7 heteroatoms. The van der Waals surface area contributed by atoms with Gasteiger partial charge in [-0.3, -0.25) is 0 Å². The highest BCUT2D eigenvalue weighted by atomic mass is 79.9. The fourth-order valence-corrected chi connectivity index (χ4v) is 2.91. The molecular weight excluding hydrogens is 338 g/mol. The molecule has 0 saturated carbocycles. The Kier molecular flexibility index (Phi) is 4.82. The number of tetrazole rings is 1. The second-order valence-corrected chi connectivity index (χ2v) is 7.42. The minimum atomic E-state index is 0.115. The minimum absolute atomic E-state index is 0.115. The van der Waals surface area contributed by atoms with Gasteiger partial charge in [0, 0.05) is 28.5 Å². The van der Waals surface area contributed by atoms with Crippen LogP contribution in [-0.2, 0) is 13.6 Å². The van der Waals surface area contributed by atoms with Crippen molar-refractivity contribution in [3.05, 3.63) is 28.2 Å². The van der Waals surface area contributed by atoms with Crippen molar-refractivity contribution in [2.45, 2.75) is 42.9 Å². The first-order valence-electron chi connectivity index (χ1n) is 6.29. The zero-order chi connectivity index (χ0) is 14.8. The Balaban J connectivity index is 2.08. The highest BCUT2D eigenvalue weighted by molar-refractivity contribution is 9.10. The number of benzene rings is 1. The lowest BCUT2D eigenvalue weighted by molar-refractivity contribution is 0.424. The monoisotopic (exact) mass is 355 g/mol. The Morgan fingerprint density at radius 3 is 2.65 bits per heavy atom. The van der Waals surface area contributed by atoms with Gasteiger partial charge in [0.25, 0.3) is 0 Å². The lowest BCUT2D eigenvalue weighted by Gasteiger charge is -2.20. The summed E-state index contributed by atoms with van der Waals surface area (Å²) < 4.78 is 2.71. The van der Waals surface area contributed by atoms with Crippen molar-refractivity contribution in [1.82, 2.24) is 25.5 Å². The van der Waals surface area contributed by atoms with Crippen LogP contribution in [0.2, 0.25) is 0 Å². The predicted octanol–water partition coefficient (Wildman–Crippen LogP) is 3.01. The quantitative estimate of drug-likeness (QED) is 0.913. The SMILES string of the molecule is Cn1nnnc1Sc1ccc(CNC(C)(C)C)cc1Br. The zero-order valence-electron chi connectivity index (χ0n) is 12.0. The van der Waals surface area contributed by atoms with Crippen LogP contribution in [0.1, 0.15) is 26.3 Å². The summed E-state index contributed by atoms with van der Waals surface area (Å²) in [6.45, 7) is 7.33. The van der Waals surface area contributed by atoms with Crippen molar-refractivity contribution in [1.29, 1.82) is 0 Å². The maximum atomic E-state index is 3.97. The van der Waals surface area contributed by atoms with Crippen LogP contribution >= 0.6 is 27.7 Å². The molecule has 2 rings (SSSR count). The van der Waals surface area contributed by atoms with E-state index in [1.54, 1.807) is 4.68 Å². The third-order valence-electron chi connectivity index (χ3n) is 2.60. The molecule has 0 bridgehead atoms. The summed E-state index contributed by atoms with van der Waals surface area (Å²) in [7, 11) is 1.83. The average molecular weight is 356 g/mol. The fourth-order valence-electron chi connectivity index (χ4n) is 1.51. The van der Waals surface area contributed by atoms with E-state index in [-0.39, 0.29) is 5.54 Å². The van der Waals surface area contributed by atoms with Gasteiger partial charge >= 0.3 is 0 Å². The van der Waals surface area contributed by atoms with Gasteiger partial charge in [-0.25, -0.2) is 4.68 Å². The van der Waals surface area contributed by atoms with E-state index in [2.05, 4.69) is 75.7 Å². The van der Waals surface area contributed by atoms with Crippen LogP contribution in [0.25, 0.3) is 0 Å². The van der Waals surface area contributed by atoms with Crippen molar-refractivity contribution in [3.63, 3.8) is 0 Å². The van der Waals surface area contributed by atoms with Gasteiger partial charge in [-0.05, 0) is 76.6 Å². The van der Waals surface area contributed by atoms with Gasteiger partial charge < -0.3 is 5.32 Å². The van der Waals surface area contributed by atoms with E-state index in [4.69, 9.17) is 0 Å². The molecule has 5 nitrogen and oxygen atoms in total. The number of aromatic nitrogens is 4. The first-order valence-corrected chi connectivity index (χ1v) is 7.90. The van der Waals surface area contributed by atoms with Crippen molar-refractivity contribution >= 4 is 27.7 Å². The van der Waals surface area contributed by atoms with Gasteiger partial charge in [0.05, 0.1) is 0 Å². The van der Waals surface area contributed by atoms with Crippen LogP contribution in [0.4, 0.5) is 0 Å². The molecule has 0 aliphatic rings. The molecule has 1 N–H and O–H groups in total. The average Bonchev–Trinajstić information content (AvgIpc) is 2.75. The molecule has 0 amide bonds. The van der Waals surface area contributed by atoms with Crippen LogP contribution < -0.4 is 5.32 Å². The van der Waals surface area contributed by atoms with E-state index < -0.39 is 0 Å². The fraction of sp³-hybridized carbons (Fsp3) is 0.462. The van der Waals surface area contributed by atoms with Gasteiger partial charge in [-0.2, -0.15) is 0 Å². The maximum absolute atomic E-state index is 3.97. The molecule has 1 aromatic heterocycles. The second-order valence-electron chi connectivity index (χ2n) is 5.56. The molecule has 2 aromatic rings. The highest BCUT2D eigenvalue weighted by Gasteiger charge is 2.11. The van der Waals surface area contributed by atoms with Gasteiger partial charge in [0.1, 0.15) is 0 Å². The topological polar surface area (TPSA) is 55.6 Å². The molecular formula is C13H18BrN5S. The van der Waals surface area contributed by atoms with Crippen LogP contribution in [0.15, 0.2) is 32.7 Å². The lowest BCUT2D eigenvalue weighted by Crippen LogP contribution is -2.35. The second kappa shape index (κ2) is 6.24. The molecule has 1 aromatic carbocycles. The Bertz CT molecular complexity index is 591. The van der Waals surface area contributed by atoms with E-state index in [0.717, 1.165) is 21.1 Å². The molecule has 108 valence electrons. The van der Waals surface area contributed by atoms with Gasteiger partial charge in [0.15, 0.2) is 0 Å². The third-order valence-corrected chi connectivity index (χ3v) is 4.62. The number of nitrogens with one attached hydrogen (secondary N) is 1. The molecule has 0 atom stereocenters. The van der Waals surface area contributed by atoms with E-state index in [1.165, 1.54) is 17.3 Å². The molecule has 0 fully saturated rings. The Hall–Kier alpha value is -0.920. The van der Waals surface area contributed by atoms with Gasteiger partial charge in [-0.1, -0.05) is 6.07 Å². The lowest BCUT2D eigenvalue weighted by atomic mass is 10.1. The largest absolute Gasteiger partial charge is 0.308 e. The summed E-state index contributed by atoms with van der Waals surface area (Å²) >= 11 is 5.15. The molecule has 0 aliphatic heterocycles. The highest BCUT2D eigenvalue weighted by Crippen LogP contribution is 2.32. The van der Waals surface area contributed by atoms with Crippen LogP contribution in [-0.4, -0.2) is 25.7 Å². The zero-order valence-corrected chi connectivity index (χ0v) is 14.4. The normalized spacial score (nSPS) is 11.8. The Morgan fingerprint density at radius 2 is 2.10 bits per heavy atom. The molecule has 20 heavy (non-hydrogen) atoms. The standard InChI is InChI=1S/C13H18BrN5S/c1-13(2,3)15-8-9-5-6-11(10(14)7-9)20-12-16-17-18-19(12)4/h5-7,15H,8H2,1-4H3. The molecule has 0 unspecified atom stereocenters. The number of rotatable bonds is 4. The number of halogens is 1. The summed E-state index contributed by atoms with van der Waals surface area (Å²) in [4.78, 5) is 1.10. The molecule has 0 radical (unpaired) electrons. The van der Waals surface area contributed by atoms with Crippen molar-refractivity contribution in [2.75, 3.05) is 0 Å². The molecule has 0 saturated heterocycles. The summed E-state index contributed by atoms with van der Waals surface area (Å²) in [5.41, 5.74) is 1.36.